The lowest BCUT2D eigenvalue weighted by molar-refractivity contribution is -0.194. The minimum absolute atomic E-state index is 0.101. The summed E-state index contributed by atoms with van der Waals surface area (Å²) in [6.45, 7) is 0.634. The molecule has 2 aromatic heterocycles. The van der Waals surface area contributed by atoms with E-state index in [1.165, 1.54) is 6.07 Å². The third kappa shape index (κ3) is 4.51. The fourth-order valence-corrected chi connectivity index (χ4v) is 4.72. The van der Waals surface area contributed by atoms with E-state index in [0.717, 1.165) is 17.9 Å². The molecule has 39 heavy (non-hydrogen) atoms. The average Bonchev–Trinajstić information content (AvgIpc) is 3.63. The van der Waals surface area contributed by atoms with Gasteiger partial charge < -0.3 is 10.4 Å². The van der Waals surface area contributed by atoms with Crippen molar-refractivity contribution in [2.24, 2.45) is 5.92 Å². The SMILES string of the molecule is CC(NC(=O)c1cn(-c2c(F)cc(F)cc2F)c2nc(N3C[C@@H](O)CC3=O)ccc2c1=O)(C1CC1)C(F)(F)F. The Kier molecular flexibility index (Phi) is 6.20. The highest BCUT2D eigenvalue weighted by atomic mass is 19.4. The number of aliphatic hydroxyl groups excluding tert-OH is 1. The minimum atomic E-state index is -4.86. The topological polar surface area (TPSA) is 105 Å². The molecular weight excluding hydrogens is 534 g/mol. The molecular formula is C25H20F6N4O4. The Balaban J connectivity index is 1.72. The number of carbonyl (C=O) groups excluding carboxylic acids is 2. The van der Waals surface area contributed by atoms with E-state index in [2.05, 4.69) is 4.98 Å². The van der Waals surface area contributed by atoms with E-state index in [-0.39, 0.29) is 31.6 Å². The average molecular weight is 554 g/mol. The largest absolute Gasteiger partial charge is 0.411 e. The number of fused-ring (bicyclic) bond motifs is 1. The second-order valence-electron chi connectivity index (χ2n) is 9.79. The Bertz CT molecular complexity index is 1560. The molecule has 2 fully saturated rings. The van der Waals surface area contributed by atoms with Crippen LogP contribution in [0.25, 0.3) is 16.7 Å². The van der Waals surface area contributed by atoms with E-state index in [4.69, 9.17) is 0 Å². The molecule has 3 aromatic rings. The Hall–Kier alpha value is -3.94. The van der Waals surface area contributed by atoms with Gasteiger partial charge in [0.25, 0.3) is 5.91 Å². The van der Waals surface area contributed by atoms with E-state index in [9.17, 15) is 45.8 Å². The summed E-state index contributed by atoms with van der Waals surface area (Å²) in [6.07, 6.45) is -5.07. The third-order valence-corrected chi connectivity index (χ3v) is 7.04. The van der Waals surface area contributed by atoms with E-state index in [1.54, 1.807) is 0 Å². The van der Waals surface area contributed by atoms with E-state index < -0.39 is 80.7 Å². The van der Waals surface area contributed by atoms with Crippen molar-refractivity contribution < 1.29 is 41.0 Å². The number of alkyl halides is 3. The Labute approximate surface area is 215 Å². The maximum absolute atomic E-state index is 14.9. The summed E-state index contributed by atoms with van der Waals surface area (Å²) in [4.78, 5) is 43.9. The monoisotopic (exact) mass is 554 g/mol. The molecule has 8 nitrogen and oxygen atoms in total. The first-order valence-corrected chi connectivity index (χ1v) is 11.8. The highest BCUT2D eigenvalue weighted by molar-refractivity contribution is 5.99. The van der Waals surface area contributed by atoms with Gasteiger partial charge in [-0.25, -0.2) is 18.2 Å². The summed E-state index contributed by atoms with van der Waals surface area (Å²) < 4.78 is 85.6. The molecule has 1 saturated carbocycles. The lowest BCUT2D eigenvalue weighted by atomic mass is 9.94. The molecule has 1 unspecified atom stereocenters. The number of anilines is 1. The number of pyridine rings is 2. The number of hydrogen-bond donors (Lipinski definition) is 2. The van der Waals surface area contributed by atoms with Crippen molar-refractivity contribution in [3.05, 3.63) is 63.7 Å². The van der Waals surface area contributed by atoms with Gasteiger partial charge in [-0.05, 0) is 37.8 Å². The van der Waals surface area contributed by atoms with Crippen LogP contribution in [0.5, 0.6) is 0 Å². The van der Waals surface area contributed by atoms with Crippen LogP contribution in [0.15, 0.2) is 35.3 Å². The molecule has 1 aliphatic heterocycles. The van der Waals surface area contributed by atoms with Gasteiger partial charge in [-0.1, -0.05) is 0 Å². The highest BCUT2D eigenvalue weighted by Crippen LogP contribution is 2.48. The van der Waals surface area contributed by atoms with Crippen molar-refractivity contribution >= 4 is 28.7 Å². The molecule has 2 N–H and O–H groups in total. The van der Waals surface area contributed by atoms with Crippen molar-refractivity contribution in [3.8, 4) is 5.69 Å². The maximum atomic E-state index is 14.9. The molecule has 0 radical (unpaired) electrons. The summed E-state index contributed by atoms with van der Waals surface area (Å²) in [6, 6.07) is 2.95. The lowest BCUT2D eigenvalue weighted by Crippen LogP contribution is -2.58. The van der Waals surface area contributed by atoms with Gasteiger partial charge in [0.15, 0.2) is 17.3 Å². The number of benzene rings is 1. The normalized spacial score (nSPS) is 19.4. The van der Waals surface area contributed by atoms with Crippen LogP contribution < -0.4 is 15.6 Å². The molecule has 5 rings (SSSR count). The van der Waals surface area contributed by atoms with Crippen LogP contribution in [0, 0.1) is 23.4 Å². The van der Waals surface area contributed by atoms with Gasteiger partial charge >= 0.3 is 6.18 Å². The Morgan fingerprint density at radius 1 is 1.10 bits per heavy atom. The molecule has 3 heterocycles. The van der Waals surface area contributed by atoms with Crippen molar-refractivity contribution in [1.29, 1.82) is 0 Å². The fourth-order valence-electron chi connectivity index (χ4n) is 4.72. The minimum Gasteiger partial charge on any atom is -0.391 e. The molecule has 206 valence electrons. The van der Waals surface area contributed by atoms with Crippen LogP contribution in [0.1, 0.15) is 36.5 Å². The molecule has 0 bridgehead atoms. The van der Waals surface area contributed by atoms with Crippen LogP contribution in [0.3, 0.4) is 0 Å². The second-order valence-corrected chi connectivity index (χ2v) is 9.79. The summed E-state index contributed by atoms with van der Waals surface area (Å²) in [7, 11) is 0. The van der Waals surface area contributed by atoms with Gasteiger partial charge in [-0.2, -0.15) is 13.2 Å². The first kappa shape index (κ1) is 26.7. The summed E-state index contributed by atoms with van der Waals surface area (Å²) >= 11 is 0. The number of nitrogens with zero attached hydrogens (tertiary/aromatic N) is 3. The smallest absolute Gasteiger partial charge is 0.391 e. The van der Waals surface area contributed by atoms with Crippen LogP contribution >= 0.6 is 0 Å². The van der Waals surface area contributed by atoms with Gasteiger partial charge in [0.1, 0.15) is 28.4 Å². The highest BCUT2D eigenvalue weighted by Gasteiger charge is 2.60. The number of rotatable bonds is 5. The van der Waals surface area contributed by atoms with E-state index >= 15 is 0 Å². The van der Waals surface area contributed by atoms with Gasteiger partial charge in [0.05, 0.1) is 24.5 Å². The molecule has 2 aliphatic rings. The number of aromatic nitrogens is 2. The second kappa shape index (κ2) is 9.07. The molecule has 14 heteroatoms. The molecule has 1 aromatic carbocycles. The summed E-state index contributed by atoms with van der Waals surface area (Å²) in [5.41, 5.74) is -6.05. The van der Waals surface area contributed by atoms with Crippen molar-refractivity contribution in [2.45, 2.75) is 44.0 Å². The molecule has 2 atom stereocenters. The van der Waals surface area contributed by atoms with E-state index in [1.807, 2.05) is 5.32 Å². The summed E-state index contributed by atoms with van der Waals surface area (Å²) in [5, 5.41) is 11.3. The number of aliphatic hydroxyl groups is 1. The number of amides is 2. The standard InChI is InChI=1S/C25H20F6N4O4/c1-24(11-2-3-11,25(29,30)31)33-23(39)15-10-35(20-16(27)6-12(26)7-17(20)28)22-14(21(15)38)4-5-18(32-22)34-9-13(36)8-19(34)37/h4-7,10-11,13,36H,2-3,8-9H2,1H3,(H,33,39)/t13-,24?/m0/s1. The number of nitrogens with one attached hydrogen (secondary N) is 1. The fraction of sp³-hybridized carbons (Fsp3) is 0.360. The number of halogens is 6. The number of hydrogen-bond acceptors (Lipinski definition) is 5. The predicted octanol–water partition coefficient (Wildman–Crippen LogP) is 3.36. The van der Waals surface area contributed by atoms with Crippen LogP contribution in [-0.4, -0.2) is 50.8 Å². The van der Waals surface area contributed by atoms with Gasteiger partial charge in [0, 0.05) is 18.3 Å². The van der Waals surface area contributed by atoms with Crippen LogP contribution in [0.4, 0.5) is 32.2 Å². The third-order valence-electron chi connectivity index (χ3n) is 7.04. The van der Waals surface area contributed by atoms with Crippen molar-refractivity contribution in [2.75, 3.05) is 11.4 Å². The molecule has 1 aliphatic carbocycles. The zero-order chi connectivity index (χ0) is 28.4. The van der Waals surface area contributed by atoms with Gasteiger partial charge in [-0.3, -0.25) is 23.9 Å². The number of carbonyl (C=O) groups is 2. The van der Waals surface area contributed by atoms with Crippen LogP contribution in [-0.2, 0) is 4.79 Å². The maximum Gasteiger partial charge on any atom is 0.411 e. The van der Waals surface area contributed by atoms with Gasteiger partial charge in [-0.15, -0.1) is 0 Å². The van der Waals surface area contributed by atoms with Crippen molar-refractivity contribution in [3.63, 3.8) is 0 Å². The van der Waals surface area contributed by atoms with Crippen molar-refractivity contribution in [1.82, 2.24) is 14.9 Å². The summed E-state index contributed by atoms with van der Waals surface area (Å²) in [5.74, 6) is -7.17. The molecule has 2 amide bonds. The number of β-amino-alcohol motifs (C(OH)–C–C–N with tert-alkyl or cyclic N) is 1. The molecule has 1 saturated heterocycles. The zero-order valence-electron chi connectivity index (χ0n) is 20.2. The lowest BCUT2D eigenvalue weighted by Gasteiger charge is -2.33. The van der Waals surface area contributed by atoms with E-state index in [0.29, 0.717) is 22.9 Å². The van der Waals surface area contributed by atoms with Crippen LogP contribution in [0.2, 0.25) is 0 Å². The molecule has 0 spiro atoms. The Morgan fingerprint density at radius 2 is 1.74 bits per heavy atom. The van der Waals surface area contributed by atoms with Gasteiger partial charge in [0.2, 0.25) is 11.3 Å². The quantitative estimate of drug-likeness (QED) is 0.471. The predicted molar refractivity (Wildman–Crippen MR) is 125 cm³/mol. The first-order valence-electron chi connectivity index (χ1n) is 11.8. The zero-order valence-corrected chi connectivity index (χ0v) is 20.2. The first-order chi connectivity index (χ1) is 18.2. The Morgan fingerprint density at radius 3 is 2.28 bits per heavy atom.